The third kappa shape index (κ3) is 6.25. The molecular weight excluding hydrogens is 434 g/mol. The number of nitrogens with zero attached hydrogens (tertiary/aromatic N) is 3. The molecule has 0 aliphatic carbocycles. The second-order valence-electron chi connectivity index (χ2n) is 6.45. The molecule has 0 bridgehead atoms. The number of para-hydroxylation sites is 2. The van der Waals surface area contributed by atoms with Gasteiger partial charge >= 0.3 is 0 Å². The lowest BCUT2D eigenvalue weighted by atomic mass is 10.2. The Morgan fingerprint density at radius 1 is 1.06 bits per heavy atom. The molecule has 2 amide bonds. The van der Waals surface area contributed by atoms with Gasteiger partial charge in [0.05, 0.1) is 25.0 Å². The number of nitrogens with one attached hydrogen (secondary N) is 2. The number of methoxy groups -OCH3 is 1. The lowest BCUT2D eigenvalue weighted by Crippen LogP contribution is -2.17. The molecule has 0 saturated carbocycles. The SMILES string of the molecule is COc1ccccc1NC(=O)Cc1nnc(SCC(=O)Nc2cccc(SC)c2)n1C. The van der Waals surface area contributed by atoms with E-state index in [1.165, 1.54) is 11.8 Å². The molecule has 0 unspecified atom stereocenters. The fourth-order valence-electron chi connectivity index (χ4n) is 2.74. The maximum Gasteiger partial charge on any atom is 0.234 e. The molecule has 2 aromatic carbocycles. The molecule has 8 nitrogen and oxygen atoms in total. The Balaban J connectivity index is 1.54. The minimum absolute atomic E-state index is 0.0514. The normalized spacial score (nSPS) is 10.5. The Hall–Kier alpha value is -2.98. The second kappa shape index (κ2) is 10.9. The molecule has 0 aliphatic heterocycles. The van der Waals surface area contributed by atoms with E-state index in [-0.39, 0.29) is 24.0 Å². The van der Waals surface area contributed by atoms with Crippen molar-refractivity contribution in [2.24, 2.45) is 7.05 Å². The number of rotatable bonds is 9. The summed E-state index contributed by atoms with van der Waals surface area (Å²) < 4.78 is 6.96. The van der Waals surface area contributed by atoms with Gasteiger partial charge in [0.1, 0.15) is 11.6 Å². The number of hydrogen-bond donors (Lipinski definition) is 2. The zero-order valence-electron chi connectivity index (χ0n) is 17.4. The van der Waals surface area contributed by atoms with Gasteiger partial charge in [-0.05, 0) is 36.6 Å². The highest BCUT2D eigenvalue weighted by Gasteiger charge is 2.15. The van der Waals surface area contributed by atoms with Crippen molar-refractivity contribution in [2.75, 3.05) is 29.8 Å². The van der Waals surface area contributed by atoms with Gasteiger partial charge in [0.2, 0.25) is 11.8 Å². The predicted octanol–water partition coefficient (Wildman–Crippen LogP) is 3.46. The van der Waals surface area contributed by atoms with Crippen LogP contribution in [0.2, 0.25) is 0 Å². The Labute approximate surface area is 189 Å². The molecule has 0 fully saturated rings. The number of amides is 2. The summed E-state index contributed by atoms with van der Waals surface area (Å²) in [6, 6.07) is 14.8. The van der Waals surface area contributed by atoms with Crippen LogP contribution < -0.4 is 15.4 Å². The van der Waals surface area contributed by atoms with Gasteiger partial charge in [0, 0.05) is 17.6 Å². The van der Waals surface area contributed by atoms with E-state index in [2.05, 4.69) is 20.8 Å². The first-order valence-corrected chi connectivity index (χ1v) is 11.6. The number of aromatic nitrogens is 3. The van der Waals surface area contributed by atoms with Crippen LogP contribution in [-0.2, 0) is 23.1 Å². The number of benzene rings is 2. The molecule has 1 aromatic heterocycles. The van der Waals surface area contributed by atoms with Crippen LogP contribution in [0.1, 0.15) is 5.82 Å². The third-order valence-corrected chi connectivity index (χ3v) is 6.06. The van der Waals surface area contributed by atoms with E-state index in [1.807, 2.05) is 42.7 Å². The Morgan fingerprint density at radius 2 is 1.87 bits per heavy atom. The molecular formula is C21H23N5O3S2. The summed E-state index contributed by atoms with van der Waals surface area (Å²) in [5, 5.41) is 14.4. The summed E-state index contributed by atoms with van der Waals surface area (Å²) >= 11 is 2.88. The van der Waals surface area contributed by atoms with Crippen LogP contribution in [0.25, 0.3) is 0 Å². The average molecular weight is 458 g/mol. The van der Waals surface area contributed by atoms with Gasteiger partial charge in [-0.2, -0.15) is 0 Å². The average Bonchev–Trinajstić information content (AvgIpc) is 3.11. The van der Waals surface area contributed by atoms with Crippen LogP contribution in [-0.4, -0.2) is 45.7 Å². The lowest BCUT2D eigenvalue weighted by molar-refractivity contribution is -0.116. The minimum Gasteiger partial charge on any atom is -0.495 e. The molecule has 0 spiro atoms. The van der Waals surface area contributed by atoms with Crippen molar-refractivity contribution in [3.05, 3.63) is 54.4 Å². The van der Waals surface area contributed by atoms with E-state index in [0.29, 0.717) is 22.4 Å². The summed E-state index contributed by atoms with van der Waals surface area (Å²) in [4.78, 5) is 25.8. The quantitative estimate of drug-likeness (QED) is 0.475. The van der Waals surface area contributed by atoms with Crippen LogP contribution in [0.15, 0.2) is 58.6 Å². The van der Waals surface area contributed by atoms with Gasteiger partial charge in [-0.3, -0.25) is 9.59 Å². The summed E-state index contributed by atoms with van der Waals surface area (Å²) in [6.07, 6.45) is 2.04. The topological polar surface area (TPSA) is 98.1 Å². The molecule has 3 aromatic rings. The lowest BCUT2D eigenvalue weighted by Gasteiger charge is -2.09. The Kier molecular flexibility index (Phi) is 7.96. The molecule has 0 saturated heterocycles. The van der Waals surface area contributed by atoms with Gasteiger partial charge in [-0.25, -0.2) is 0 Å². The maximum absolute atomic E-state index is 12.4. The minimum atomic E-state index is -0.233. The molecule has 3 rings (SSSR count). The fraction of sp³-hybridized carbons (Fsp3) is 0.238. The predicted molar refractivity (Wildman–Crippen MR) is 124 cm³/mol. The first-order valence-electron chi connectivity index (χ1n) is 9.38. The molecule has 0 radical (unpaired) electrons. The number of hydrogen-bond acceptors (Lipinski definition) is 7. The fourth-order valence-corrected chi connectivity index (χ4v) is 3.93. The summed E-state index contributed by atoms with van der Waals surface area (Å²) in [6.45, 7) is 0. The third-order valence-electron chi connectivity index (χ3n) is 4.31. The number of ether oxygens (including phenoxy) is 1. The molecule has 2 N–H and O–H groups in total. The second-order valence-corrected chi connectivity index (χ2v) is 8.27. The van der Waals surface area contributed by atoms with E-state index >= 15 is 0 Å². The summed E-state index contributed by atoms with van der Waals surface area (Å²) in [5.41, 5.74) is 1.35. The molecule has 10 heteroatoms. The van der Waals surface area contributed by atoms with E-state index < -0.39 is 0 Å². The summed E-state index contributed by atoms with van der Waals surface area (Å²) in [5.74, 6) is 0.898. The number of carbonyl (C=O) groups is 2. The number of carbonyl (C=O) groups excluding carboxylic acids is 2. The highest BCUT2D eigenvalue weighted by atomic mass is 32.2. The van der Waals surface area contributed by atoms with Crippen LogP contribution in [0, 0.1) is 0 Å². The molecule has 0 aliphatic rings. The van der Waals surface area contributed by atoms with Crippen molar-refractivity contribution in [1.82, 2.24) is 14.8 Å². The van der Waals surface area contributed by atoms with Crippen LogP contribution in [0.5, 0.6) is 5.75 Å². The highest BCUT2D eigenvalue weighted by Crippen LogP contribution is 2.23. The molecule has 0 atom stereocenters. The van der Waals surface area contributed by atoms with Crippen LogP contribution >= 0.6 is 23.5 Å². The van der Waals surface area contributed by atoms with Crippen molar-refractivity contribution in [3.8, 4) is 5.75 Å². The smallest absolute Gasteiger partial charge is 0.234 e. The van der Waals surface area contributed by atoms with Gasteiger partial charge in [0.15, 0.2) is 5.16 Å². The first-order chi connectivity index (χ1) is 15.0. The van der Waals surface area contributed by atoms with E-state index in [0.717, 1.165) is 10.6 Å². The van der Waals surface area contributed by atoms with Crippen molar-refractivity contribution in [2.45, 2.75) is 16.5 Å². The standard InChI is InChI=1S/C21H23N5O3S2/c1-26-18(12-19(27)23-16-9-4-5-10-17(16)29-2)24-25-21(26)31-13-20(28)22-14-7-6-8-15(11-14)30-3/h4-11H,12-13H2,1-3H3,(H,22,28)(H,23,27). The van der Waals surface area contributed by atoms with E-state index in [9.17, 15) is 9.59 Å². The van der Waals surface area contributed by atoms with Gasteiger partial charge in [0.25, 0.3) is 0 Å². The van der Waals surface area contributed by atoms with Crippen molar-refractivity contribution >= 4 is 46.7 Å². The number of thioether (sulfide) groups is 2. The largest absolute Gasteiger partial charge is 0.495 e. The van der Waals surface area contributed by atoms with E-state index in [1.54, 1.807) is 42.6 Å². The molecule has 1 heterocycles. The van der Waals surface area contributed by atoms with Crippen molar-refractivity contribution in [3.63, 3.8) is 0 Å². The van der Waals surface area contributed by atoms with Crippen LogP contribution in [0.4, 0.5) is 11.4 Å². The first kappa shape index (κ1) is 22.7. The maximum atomic E-state index is 12.4. The summed E-state index contributed by atoms with van der Waals surface area (Å²) in [7, 11) is 3.32. The Morgan fingerprint density at radius 3 is 2.65 bits per heavy atom. The van der Waals surface area contributed by atoms with Gasteiger partial charge in [-0.1, -0.05) is 30.0 Å². The van der Waals surface area contributed by atoms with Gasteiger partial charge in [-0.15, -0.1) is 22.0 Å². The zero-order chi connectivity index (χ0) is 22.2. The van der Waals surface area contributed by atoms with E-state index in [4.69, 9.17) is 4.74 Å². The monoisotopic (exact) mass is 457 g/mol. The highest BCUT2D eigenvalue weighted by molar-refractivity contribution is 7.99. The van der Waals surface area contributed by atoms with Crippen LogP contribution in [0.3, 0.4) is 0 Å². The molecule has 162 valence electrons. The van der Waals surface area contributed by atoms with Gasteiger partial charge < -0.3 is 19.9 Å². The molecule has 31 heavy (non-hydrogen) atoms. The number of anilines is 2. The van der Waals surface area contributed by atoms with Crippen molar-refractivity contribution < 1.29 is 14.3 Å². The van der Waals surface area contributed by atoms with Crippen molar-refractivity contribution in [1.29, 1.82) is 0 Å². The Bertz CT molecular complexity index is 1070. The zero-order valence-corrected chi connectivity index (χ0v) is 19.0.